The predicted molar refractivity (Wildman–Crippen MR) is 74.7 cm³/mol. The van der Waals surface area contributed by atoms with Crippen molar-refractivity contribution in [3.63, 3.8) is 0 Å². The number of ether oxygens (including phenoxy) is 2. The Morgan fingerprint density at radius 1 is 1.55 bits per heavy atom. The lowest BCUT2D eigenvalue weighted by Gasteiger charge is -2.19. The molecule has 0 aliphatic carbocycles. The van der Waals surface area contributed by atoms with Gasteiger partial charge < -0.3 is 14.0 Å². The van der Waals surface area contributed by atoms with E-state index in [9.17, 15) is 5.26 Å². The van der Waals surface area contributed by atoms with Crippen molar-refractivity contribution in [1.29, 1.82) is 5.26 Å². The fraction of sp³-hybridized carbons (Fsp3) is 0.462. The molecule has 0 bridgehead atoms. The SMILES string of the molecule is CO[C@H]1COC[C@@H]1n1c(C#N)cc2cnc(SC)nc21. The van der Waals surface area contributed by atoms with Gasteiger partial charge in [0.2, 0.25) is 0 Å². The number of hydrogen-bond donors (Lipinski definition) is 0. The van der Waals surface area contributed by atoms with E-state index in [1.807, 2.05) is 16.9 Å². The first-order chi connectivity index (χ1) is 9.78. The Balaban J connectivity index is 2.19. The zero-order chi connectivity index (χ0) is 14.1. The van der Waals surface area contributed by atoms with E-state index < -0.39 is 0 Å². The van der Waals surface area contributed by atoms with Crippen LogP contribution in [0.25, 0.3) is 11.0 Å². The number of fused-ring (bicyclic) bond motifs is 1. The van der Waals surface area contributed by atoms with Gasteiger partial charge in [-0.15, -0.1) is 0 Å². The lowest BCUT2D eigenvalue weighted by Crippen LogP contribution is -2.25. The smallest absolute Gasteiger partial charge is 0.189 e. The Labute approximate surface area is 120 Å². The van der Waals surface area contributed by atoms with Gasteiger partial charge in [-0.1, -0.05) is 11.8 Å². The van der Waals surface area contributed by atoms with Gasteiger partial charge in [0, 0.05) is 18.7 Å². The first-order valence-corrected chi connectivity index (χ1v) is 7.43. The summed E-state index contributed by atoms with van der Waals surface area (Å²) in [7, 11) is 1.66. The fourth-order valence-corrected chi connectivity index (χ4v) is 2.84. The van der Waals surface area contributed by atoms with Gasteiger partial charge in [0.15, 0.2) is 5.16 Å². The van der Waals surface area contributed by atoms with Crippen LogP contribution < -0.4 is 0 Å². The number of aromatic nitrogens is 3. The van der Waals surface area contributed by atoms with Crippen molar-refractivity contribution in [2.24, 2.45) is 0 Å². The molecule has 3 heterocycles. The molecule has 0 spiro atoms. The van der Waals surface area contributed by atoms with Crippen LogP contribution in [-0.4, -0.2) is 47.2 Å². The summed E-state index contributed by atoms with van der Waals surface area (Å²) in [5, 5.41) is 10.9. The van der Waals surface area contributed by atoms with Crippen LogP contribution in [0, 0.1) is 11.3 Å². The fourth-order valence-electron chi connectivity index (χ4n) is 2.50. The zero-order valence-electron chi connectivity index (χ0n) is 11.2. The van der Waals surface area contributed by atoms with Crippen LogP contribution in [0.3, 0.4) is 0 Å². The molecular formula is C13H14N4O2S. The monoisotopic (exact) mass is 290 g/mol. The van der Waals surface area contributed by atoms with Crippen LogP contribution in [0.1, 0.15) is 11.7 Å². The molecule has 0 aromatic carbocycles. The summed E-state index contributed by atoms with van der Waals surface area (Å²) in [5.41, 5.74) is 1.32. The third kappa shape index (κ3) is 2.06. The van der Waals surface area contributed by atoms with E-state index in [1.165, 1.54) is 11.8 Å². The van der Waals surface area contributed by atoms with Crippen molar-refractivity contribution in [2.75, 3.05) is 26.6 Å². The van der Waals surface area contributed by atoms with Crippen LogP contribution in [-0.2, 0) is 9.47 Å². The Morgan fingerprint density at radius 2 is 2.40 bits per heavy atom. The number of hydrogen-bond acceptors (Lipinski definition) is 6. The summed E-state index contributed by atoms with van der Waals surface area (Å²) in [6.07, 6.45) is 3.62. The van der Waals surface area contributed by atoms with Gasteiger partial charge in [0.05, 0.1) is 19.3 Å². The Morgan fingerprint density at radius 3 is 3.10 bits per heavy atom. The van der Waals surface area contributed by atoms with Crippen LogP contribution in [0.4, 0.5) is 0 Å². The van der Waals surface area contributed by atoms with Gasteiger partial charge in [-0.3, -0.25) is 0 Å². The first-order valence-electron chi connectivity index (χ1n) is 6.21. The molecule has 0 N–H and O–H groups in total. The second-order valence-corrected chi connectivity index (χ2v) is 5.30. The minimum Gasteiger partial charge on any atom is -0.377 e. The van der Waals surface area contributed by atoms with Gasteiger partial charge in [-0.2, -0.15) is 5.26 Å². The molecule has 1 fully saturated rings. The van der Waals surface area contributed by atoms with Crippen molar-refractivity contribution < 1.29 is 9.47 Å². The number of nitrogens with zero attached hydrogens (tertiary/aromatic N) is 4. The van der Waals surface area contributed by atoms with E-state index in [0.29, 0.717) is 24.1 Å². The van der Waals surface area contributed by atoms with Gasteiger partial charge in [-0.05, 0) is 12.3 Å². The van der Waals surface area contributed by atoms with Crippen LogP contribution in [0.5, 0.6) is 0 Å². The molecule has 0 unspecified atom stereocenters. The van der Waals surface area contributed by atoms with Gasteiger partial charge in [-0.25, -0.2) is 9.97 Å². The number of thioether (sulfide) groups is 1. The van der Waals surface area contributed by atoms with Crippen LogP contribution >= 0.6 is 11.8 Å². The third-order valence-corrected chi connectivity index (χ3v) is 4.05. The lowest BCUT2D eigenvalue weighted by molar-refractivity contribution is 0.0690. The highest BCUT2D eigenvalue weighted by molar-refractivity contribution is 7.98. The molecule has 1 aliphatic rings. The Kier molecular flexibility index (Phi) is 3.61. The van der Waals surface area contributed by atoms with Crippen molar-refractivity contribution in [3.8, 4) is 6.07 Å². The number of nitriles is 1. The van der Waals surface area contributed by atoms with Crippen LogP contribution in [0.15, 0.2) is 17.4 Å². The standard InChI is InChI=1S/C13H14N4O2S/c1-18-11-7-19-6-10(11)17-9(4-14)3-8-5-15-13(20-2)16-12(8)17/h3,5,10-11H,6-7H2,1-2H3/t10-,11-/m0/s1. The lowest BCUT2D eigenvalue weighted by atomic mass is 10.2. The average molecular weight is 290 g/mol. The molecule has 2 aromatic rings. The molecular weight excluding hydrogens is 276 g/mol. The molecule has 0 saturated carbocycles. The molecule has 2 aromatic heterocycles. The van der Waals surface area contributed by atoms with E-state index in [-0.39, 0.29) is 12.1 Å². The summed E-state index contributed by atoms with van der Waals surface area (Å²) in [4.78, 5) is 8.77. The number of methoxy groups -OCH3 is 1. The molecule has 104 valence electrons. The zero-order valence-corrected chi connectivity index (χ0v) is 12.1. The normalized spacial score (nSPS) is 22.2. The highest BCUT2D eigenvalue weighted by atomic mass is 32.2. The molecule has 20 heavy (non-hydrogen) atoms. The summed E-state index contributed by atoms with van der Waals surface area (Å²) < 4.78 is 12.8. The van der Waals surface area contributed by atoms with Gasteiger partial charge in [0.1, 0.15) is 23.5 Å². The van der Waals surface area contributed by atoms with Gasteiger partial charge >= 0.3 is 0 Å². The third-order valence-electron chi connectivity index (χ3n) is 3.49. The quantitative estimate of drug-likeness (QED) is 0.631. The predicted octanol–water partition coefficient (Wildman–Crippen LogP) is 1.61. The van der Waals surface area contributed by atoms with E-state index >= 15 is 0 Å². The largest absolute Gasteiger partial charge is 0.377 e. The second-order valence-electron chi connectivity index (χ2n) is 4.53. The minimum atomic E-state index is -0.0644. The molecule has 1 aliphatic heterocycles. The van der Waals surface area contributed by atoms with E-state index in [1.54, 1.807) is 13.3 Å². The molecule has 1 saturated heterocycles. The maximum absolute atomic E-state index is 9.36. The molecule has 6 nitrogen and oxygen atoms in total. The summed E-state index contributed by atoms with van der Waals surface area (Å²) in [5.74, 6) is 0. The van der Waals surface area contributed by atoms with Crippen molar-refractivity contribution in [2.45, 2.75) is 17.3 Å². The van der Waals surface area contributed by atoms with Crippen molar-refractivity contribution in [3.05, 3.63) is 18.0 Å². The van der Waals surface area contributed by atoms with E-state index in [4.69, 9.17) is 9.47 Å². The van der Waals surface area contributed by atoms with Crippen LogP contribution in [0.2, 0.25) is 0 Å². The molecule has 7 heteroatoms. The summed E-state index contributed by atoms with van der Waals surface area (Å²) >= 11 is 1.48. The van der Waals surface area contributed by atoms with Crippen molar-refractivity contribution >= 4 is 22.8 Å². The molecule has 0 amide bonds. The average Bonchev–Trinajstić information content (AvgIpc) is 3.08. The van der Waals surface area contributed by atoms with Crippen molar-refractivity contribution in [1.82, 2.24) is 14.5 Å². The van der Waals surface area contributed by atoms with E-state index in [2.05, 4.69) is 16.0 Å². The number of rotatable bonds is 3. The Bertz CT molecular complexity index is 679. The second kappa shape index (κ2) is 5.40. The minimum absolute atomic E-state index is 0.0308. The van der Waals surface area contributed by atoms with E-state index in [0.717, 1.165) is 11.0 Å². The maximum Gasteiger partial charge on any atom is 0.189 e. The molecule has 3 rings (SSSR count). The summed E-state index contributed by atoms with van der Waals surface area (Å²) in [6, 6.07) is 4.00. The maximum atomic E-state index is 9.36. The molecule has 0 radical (unpaired) electrons. The molecule has 2 atom stereocenters. The highest BCUT2D eigenvalue weighted by Gasteiger charge is 2.32. The highest BCUT2D eigenvalue weighted by Crippen LogP contribution is 2.29. The van der Waals surface area contributed by atoms with Gasteiger partial charge in [0.25, 0.3) is 0 Å². The first kappa shape index (κ1) is 13.4. The summed E-state index contributed by atoms with van der Waals surface area (Å²) in [6.45, 7) is 1.06. The topological polar surface area (TPSA) is 73.0 Å². The Hall–Kier alpha value is -1.62.